The first-order chi connectivity index (χ1) is 5.78. The van der Waals surface area contributed by atoms with E-state index in [4.69, 9.17) is 4.74 Å². The summed E-state index contributed by atoms with van der Waals surface area (Å²) >= 11 is 0. The van der Waals surface area contributed by atoms with Gasteiger partial charge in [0.05, 0.1) is 18.5 Å². The maximum atomic E-state index is 13.1. The van der Waals surface area contributed by atoms with Gasteiger partial charge in [0.2, 0.25) is 0 Å². The van der Waals surface area contributed by atoms with Crippen LogP contribution in [0.2, 0.25) is 0 Å². The minimum Gasteiger partial charge on any atom is -0.384 e. The third-order valence-electron chi connectivity index (χ3n) is 2.40. The highest BCUT2D eigenvalue weighted by atomic mass is 19.1. The molecule has 3 nitrogen and oxygen atoms in total. The smallest absolute Gasteiger partial charge is 0.164 e. The number of aromatic nitrogens is 2. The molecule has 1 aliphatic carbocycles. The van der Waals surface area contributed by atoms with Gasteiger partial charge < -0.3 is 4.74 Å². The number of ether oxygens (including phenoxy) is 1. The highest BCUT2D eigenvalue weighted by molar-refractivity contribution is 5.24. The Balaban J connectivity index is 2.24. The molecular formula is C8H11FN2O. The van der Waals surface area contributed by atoms with Crippen LogP contribution in [0.5, 0.6) is 0 Å². The molecule has 0 radical (unpaired) electrons. The number of hydrogen-bond donors (Lipinski definition) is 1. The lowest BCUT2D eigenvalue weighted by Crippen LogP contribution is -2.15. The van der Waals surface area contributed by atoms with E-state index in [1.807, 2.05) is 0 Å². The van der Waals surface area contributed by atoms with E-state index in [9.17, 15) is 4.39 Å². The maximum absolute atomic E-state index is 13.1. The van der Waals surface area contributed by atoms with Gasteiger partial charge >= 0.3 is 0 Å². The van der Waals surface area contributed by atoms with Crippen molar-refractivity contribution in [3.8, 4) is 0 Å². The van der Waals surface area contributed by atoms with Crippen molar-refractivity contribution in [2.24, 2.45) is 0 Å². The first-order valence-electron chi connectivity index (χ1n) is 3.97. The third kappa shape index (κ3) is 1.03. The standard InChI is InChI=1S/C8H11FN2O/c1-12-5-8(2-3-8)7-6(9)4-10-11-7/h4H,2-3,5H2,1H3,(H,10,11). The summed E-state index contributed by atoms with van der Waals surface area (Å²) in [6, 6.07) is 0. The molecule has 1 N–H and O–H groups in total. The van der Waals surface area contributed by atoms with Crippen LogP contribution in [-0.4, -0.2) is 23.9 Å². The second-order valence-electron chi connectivity index (χ2n) is 3.31. The van der Waals surface area contributed by atoms with Gasteiger partial charge in [-0.25, -0.2) is 4.39 Å². The summed E-state index contributed by atoms with van der Waals surface area (Å²) in [5.41, 5.74) is 0.499. The van der Waals surface area contributed by atoms with Crippen molar-refractivity contribution in [3.05, 3.63) is 17.7 Å². The second kappa shape index (κ2) is 2.55. The molecule has 0 saturated heterocycles. The molecule has 1 aliphatic rings. The van der Waals surface area contributed by atoms with Crippen molar-refractivity contribution in [2.45, 2.75) is 18.3 Å². The van der Waals surface area contributed by atoms with E-state index in [1.165, 1.54) is 6.20 Å². The van der Waals surface area contributed by atoms with Crippen LogP contribution in [0.25, 0.3) is 0 Å². The lowest BCUT2D eigenvalue weighted by molar-refractivity contribution is 0.168. The lowest BCUT2D eigenvalue weighted by atomic mass is 10.0. The van der Waals surface area contributed by atoms with E-state index >= 15 is 0 Å². The summed E-state index contributed by atoms with van der Waals surface area (Å²) in [5, 5.41) is 6.34. The van der Waals surface area contributed by atoms with E-state index in [0.717, 1.165) is 12.8 Å². The summed E-state index contributed by atoms with van der Waals surface area (Å²) in [7, 11) is 1.63. The minimum atomic E-state index is -0.246. The molecule has 1 aromatic rings. The van der Waals surface area contributed by atoms with Crippen LogP contribution in [0.15, 0.2) is 6.20 Å². The Morgan fingerprint density at radius 1 is 1.75 bits per heavy atom. The summed E-state index contributed by atoms with van der Waals surface area (Å²) in [5.74, 6) is -0.246. The van der Waals surface area contributed by atoms with Crippen LogP contribution in [0, 0.1) is 5.82 Å². The zero-order valence-corrected chi connectivity index (χ0v) is 6.93. The largest absolute Gasteiger partial charge is 0.384 e. The van der Waals surface area contributed by atoms with Crippen LogP contribution in [0.3, 0.4) is 0 Å². The summed E-state index contributed by atoms with van der Waals surface area (Å²) in [4.78, 5) is 0. The number of methoxy groups -OCH3 is 1. The molecule has 0 atom stereocenters. The lowest BCUT2D eigenvalue weighted by Gasteiger charge is -2.10. The van der Waals surface area contributed by atoms with Gasteiger partial charge in [0.1, 0.15) is 0 Å². The Morgan fingerprint density at radius 2 is 2.50 bits per heavy atom. The monoisotopic (exact) mass is 170 g/mol. The van der Waals surface area contributed by atoms with Crippen molar-refractivity contribution in [3.63, 3.8) is 0 Å². The molecule has 1 saturated carbocycles. The van der Waals surface area contributed by atoms with Crippen LogP contribution in [0.4, 0.5) is 4.39 Å². The van der Waals surface area contributed by atoms with Crippen molar-refractivity contribution >= 4 is 0 Å². The molecule has 0 aliphatic heterocycles. The molecule has 0 bridgehead atoms. The Morgan fingerprint density at radius 3 is 2.92 bits per heavy atom. The van der Waals surface area contributed by atoms with Crippen LogP contribution >= 0.6 is 0 Å². The third-order valence-corrected chi connectivity index (χ3v) is 2.40. The van der Waals surface area contributed by atoms with Gasteiger partial charge in [-0.2, -0.15) is 5.10 Å². The number of nitrogens with zero attached hydrogens (tertiary/aromatic N) is 1. The average Bonchev–Trinajstić information content (AvgIpc) is 2.68. The van der Waals surface area contributed by atoms with Crippen LogP contribution in [0.1, 0.15) is 18.5 Å². The number of rotatable bonds is 3. The van der Waals surface area contributed by atoms with Crippen LogP contribution in [-0.2, 0) is 10.2 Å². The van der Waals surface area contributed by atoms with E-state index in [1.54, 1.807) is 7.11 Å². The normalized spacial score (nSPS) is 19.5. The zero-order chi connectivity index (χ0) is 8.60. The van der Waals surface area contributed by atoms with E-state index in [-0.39, 0.29) is 11.2 Å². The number of hydrogen-bond acceptors (Lipinski definition) is 2. The summed E-state index contributed by atoms with van der Waals surface area (Å²) < 4.78 is 18.1. The molecule has 2 rings (SSSR count). The molecule has 0 amide bonds. The maximum Gasteiger partial charge on any atom is 0.164 e. The van der Waals surface area contributed by atoms with Gasteiger partial charge in [-0.15, -0.1) is 0 Å². The molecule has 0 spiro atoms. The first-order valence-corrected chi connectivity index (χ1v) is 3.97. The van der Waals surface area contributed by atoms with Gasteiger partial charge in [0, 0.05) is 12.5 Å². The van der Waals surface area contributed by atoms with Crippen LogP contribution < -0.4 is 0 Å². The van der Waals surface area contributed by atoms with Crippen molar-refractivity contribution < 1.29 is 9.13 Å². The van der Waals surface area contributed by atoms with Gasteiger partial charge in [-0.3, -0.25) is 5.10 Å². The molecule has 12 heavy (non-hydrogen) atoms. The molecule has 66 valence electrons. The van der Waals surface area contributed by atoms with Crippen molar-refractivity contribution in [1.29, 1.82) is 0 Å². The molecule has 1 fully saturated rings. The highest BCUT2D eigenvalue weighted by Gasteiger charge is 2.47. The minimum absolute atomic E-state index is 0.102. The number of nitrogens with one attached hydrogen (secondary N) is 1. The zero-order valence-electron chi connectivity index (χ0n) is 6.93. The number of H-pyrrole nitrogens is 1. The fourth-order valence-corrected chi connectivity index (χ4v) is 1.54. The quantitative estimate of drug-likeness (QED) is 0.740. The van der Waals surface area contributed by atoms with Gasteiger partial charge in [0.25, 0.3) is 0 Å². The Hall–Kier alpha value is -0.900. The Bertz CT molecular complexity index is 280. The Kier molecular flexibility index (Phi) is 1.65. The fraction of sp³-hybridized carbons (Fsp3) is 0.625. The molecule has 4 heteroatoms. The molecular weight excluding hydrogens is 159 g/mol. The van der Waals surface area contributed by atoms with Crippen molar-refractivity contribution in [1.82, 2.24) is 10.2 Å². The van der Waals surface area contributed by atoms with Crippen molar-refractivity contribution in [2.75, 3.05) is 13.7 Å². The molecule has 1 heterocycles. The first kappa shape index (κ1) is 7.73. The average molecular weight is 170 g/mol. The number of halogens is 1. The SMILES string of the molecule is COCC1(c2[nH]ncc2F)CC1. The molecule has 1 aromatic heterocycles. The second-order valence-corrected chi connectivity index (χ2v) is 3.31. The van der Waals surface area contributed by atoms with Gasteiger partial charge in [-0.05, 0) is 12.8 Å². The van der Waals surface area contributed by atoms with Gasteiger partial charge in [0.15, 0.2) is 5.82 Å². The van der Waals surface area contributed by atoms with E-state index < -0.39 is 0 Å². The topological polar surface area (TPSA) is 37.9 Å². The molecule has 0 unspecified atom stereocenters. The predicted molar refractivity (Wildman–Crippen MR) is 41.3 cm³/mol. The van der Waals surface area contributed by atoms with Gasteiger partial charge in [-0.1, -0.05) is 0 Å². The van der Waals surface area contributed by atoms with E-state index in [0.29, 0.717) is 12.3 Å². The predicted octanol–water partition coefficient (Wildman–Crippen LogP) is 1.23. The summed E-state index contributed by atoms with van der Waals surface area (Å²) in [6.07, 6.45) is 3.19. The molecule has 0 aromatic carbocycles. The fourth-order valence-electron chi connectivity index (χ4n) is 1.54. The summed E-state index contributed by atoms with van der Waals surface area (Å²) in [6.45, 7) is 0.576. The highest BCUT2D eigenvalue weighted by Crippen LogP contribution is 2.48. The van der Waals surface area contributed by atoms with E-state index in [2.05, 4.69) is 10.2 Å². The Labute approximate surface area is 69.9 Å². The number of aromatic amines is 1.